The molecule has 0 unspecified atom stereocenters. The zero-order valence-corrected chi connectivity index (χ0v) is 12.8. The van der Waals surface area contributed by atoms with Gasteiger partial charge < -0.3 is 0 Å². The van der Waals surface area contributed by atoms with Gasteiger partial charge in [-0.3, -0.25) is 0 Å². The third-order valence-electron chi connectivity index (χ3n) is 2.71. The van der Waals surface area contributed by atoms with Crippen LogP contribution >= 0.6 is 0 Å². The fourth-order valence-corrected chi connectivity index (χ4v) is 3.31. The molecule has 0 saturated carbocycles. The van der Waals surface area contributed by atoms with E-state index in [4.69, 9.17) is 4.74 Å². The van der Waals surface area contributed by atoms with E-state index in [1.54, 1.807) is 0 Å². The Kier molecular flexibility index (Phi) is 4.97. The van der Waals surface area contributed by atoms with Crippen molar-refractivity contribution in [2.75, 3.05) is 27.2 Å². The van der Waals surface area contributed by atoms with Crippen LogP contribution in [0, 0.1) is 0 Å². The van der Waals surface area contributed by atoms with Crippen LogP contribution in [-0.2, 0) is 4.74 Å². The summed E-state index contributed by atoms with van der Waals surface area (Å²) in [6.45, 7) is 1.16. The number of likely N-dealkylation sites (N-methyl/N-ethyl adjacent to an activating group) is 1. The molecule has 0 atom stereocenters. The summed E-state index contributed by atoms with van der Waals surface area (Å²) >= 11 is 0.319. The van der Waals surface area contributed by atoms with Crippen LogP contribution in [0.3, 0.4) is 0 Å². The number of carbonyl (C=O) groups excluding carboxylic acids is 1. The molecule has 0 saturated heterocycles. The first kappa shape index (κ1) is 14.1. The van der Waals surface area contributed by atoms with E-state index in [-0.39, 0.29) is 5.97 Å². The van der Waals surface area contributed by atoms with Crippen molar-refractivity contribution in [2.24, 2.45) is 0 Å². The van der Waals surface area contributed by atoms with Crippen molar-refractivity contribution >= 4 is 20.5 Å². The van der Waals surface area contributed by atoms with E-state index in [0.29, 0.717) is 26.7 Å². The van der Waals surface area contributed by atoms with Gasteiger partial charge in [0.1, 0.15) is 0 Å². The minimum absolute atomic E-state index is 0.235. The van der Waals surface area contributed by atoms with E-state index >= 15 is 0 Å². The molecule has 0 aliphatic heterocycles. The summed E-state index contributed by atoms with van der Waals surface area (Å²) < 4.78 is 6.55. The third kappa shape index (κ3) is 3.80. The van der Waals surface area contributed by atoms with Crippen molar-refractivity contribution < 1.29 is 9.53 Å². The van der Waals surface area contributed by atoms with Crippen molar-refractivity contribution in [3.63, 3.8) is 0 Å². The minimum atomic E-state index is -0.235. The Morgan fingerprint density at radius 2 is 2.00 bits per heavy atom. The molecule has 4 heteroatoms. The summed E-state index contributed by atoms with van der Waals surface area (Å²) in [4.78, 5) is 16.3. The van der Waals surface area contributed by atoms with Gasteiger partial charge in [0.2, 0.25) is 0 Å². The van der Waals surface area contributed by atoms with Crippen LogP contribution in [-0.4, -0.2) is 52.6 Å². The standard InChI is InChI=1S/C15H17NO2Se/c1-16(2)9-10-18-15(17)13-7-4-3-6-12(13)14-8-5-11-19-14/h3-8,11H,9-10H2,1-2H3. The maximum absolute atomic E-state index is 12.1. The Labute approximate surface area is 119 Å². The molecule has 2 rings (SSSR count). The average molecular weight is 322 g/mol. The van der Waals surface area contributed by atoms with E-state index in [1.165, 1.54) is 4.44 Å². The van der Waals surface area contributed by atoms with E-state index in [1.807, 2.05) is 49.3 Å². The molecule has 0 aliphatic rings. The predicted molar refractivity (Wildman–Crippen MR) is 77.7 cm³/mol. The first-order chi connectivity index (χ1) is 9.18. The molecule has 1 aromatic heterocycles. The van der Waals surface area contributed by atoms with Gasteiger partial charge in [0.05, 0.1) is 0 Å². The Morgan fingerprint density at radius 3 is 2.68 bits per heavy atom. The number of ether oxygens (including phenoxy) is 1. The van der Waals surface area contributed by atoms with Crippen LogP contribution in [0.5, 0.6) is 0 Å². The quantitative estimate of drug-likeness (QED) is 0.624. The van der Waals surface area contributed by atoms with Gasteiger partial charge in [-0.1, -0.05) is 0 Å². The molecular formula is C15H17NO2Se. The van der Waals surface area contributed by atoms with Gasteiger partial charge in [-0.2, -0.15) is 0 Å². The van der Waals surface area contributed by atoms with Crippen molar-refractivity contribution in [2.45, 2.75) is 0 Å². The average Bonchev–Trinajstić information content (AvgIpc) is 2.92. The molecule has 1 heterocycles. The third-order valence-corrected chi connectivity index (χ3v) is 4.60. The number of esters is 1. The first-order valence-electron chi connectivity index (χ1n) is 6.13. The van der Waals surface area contributed by atoms with Crippen LogP contribution in [0.15, 0.2) is 41.3 Å². The van der Waals surface area contributed by atoms with Gasteiger partial charge in [0, 0.05) is 0 Å². The van der Waals surface area contributed by atoms with Gasteiger partial charge in [-0.25, -0.2) is 0 Å². The first-order valence-corrected chi connectivity index (χ1v) is 7.98. The number of nitrogens with zero attached hydrogens (tertiary/aromatic N) is 1. The number of carbonyl (C=O) groups is 1. The van der Waals surface area contributed by atoms with Crippen LogP contribution in [0.4, 0.5) is 0 Å². The Bertz CT molecular complexity index is 535. The van der Waals surface area contributed by atoms with Crippen LogP contribution < -0.4 is 0 Å². The Morgan fingerprint density at radius 1 is 1.21 bits per heavy atom. The molecule has 100 valence electrons. The number of hydrogen-bond acceptors (Lipinski definition) is 3. The molecule has 0 N–H and O–H groups in total. The molecule has 19 heavy (non-hydrogen) atoms. The molecule has 0 aliphatic carbocycles. The second-order valence-electron chi connectivity index (χ2n) is 4.46. The maximum atomic E-state index is 12.1. The monoisotopic (exact) mass is 323 g/mol. The van der Waals surface area contributed by atoms with Crippen LogP contribution in [0.25, 0.3) is 10.0 Å². The summed E-state index contributed by atoms with van der Waals surface area (Å²) in [6, 6.07) is 11.8. The van der Waals surface area contributed by atoms with Gasteiger partial charge in [0.15, 0.2) is 0 Å². The van der Waals surface area contributed by atoms with E-state index in [0.717, 1.165) is 12.1 Å². The molecular weight excluding hydrogens is 305 g/mol. The molecule has 3 nitrogen and oxygen atoms in total. The second-order valence-corrected chi connectivity index (χ2v) is 6.45. The van der Waals surface area contributed by atoms with E-state index < -0.39 is 0 Å². The Hall–Kier alpha value is -1.35. The van der Waals surface area contributed by atoms with E-state index in [2.05, 4.69) is 11.0 Å². The van der Waals surface area contributed by atoms with Gasteiger partial charge in [-0.05, 0) is 0 Å². The molecule has 0 fully saturated rings. The zero-order chi connectivity index (χ0) is 13.7. The van der Waals surface area contributed by atoms with Gasteiger partial charge in [0.25, 0.3) is 0 Å². The Balaban J connectivity index is 2.14. The van der Waals surface area contributed by atoms with Crippen molar-refractivity contribution in [1.82, 2.24) is 4.90 Å². The van der Waals surface area contributed by atoms with Crippen LogP contribution in [0.1, 0.15) is 10.4 Å². The SMILES string of the molecule is CN(C)CCOC(=O)c1ccccc1-c1ccc[se]1. The summed E-state index contributed by atoms with van der Waals surface area (Å²) in [7, 11) is 3.92. The summed E-state index contributed by atoms with van der Waals surface area (Å²) in [6.07, 6.45) is 0. The summed E-state index contributed by atoms with van der Waals surface area (Å²) in [5.41, 5.74) is 1.67. The second kappa shape index (κ2) is 6.71. The zero-order valence-electron chi connectivity index (χ0n) is 11.1. The molecule has 0 spiro atoms. The van der Waals surface area contributed by atoms with Crippen molar-refractivity contribution in [3.05, 3.63) is 46.9 Å². The number of benzene rings is 1. The molecule has 1 aromatic carbocycles. The molecule has 0 amide bonds. The predicted octanol–water partition coefficient (Wildman–Crippen LogP) is 2.13. The fraction of sp³-hybridized carbons (Fsp3) is 0.267. The van der Waals surface area contributed by atoms with Crippen LogP contribution in [0.2, 0.25) is 0 Å². The molecule has 2 aromatic rings. The van der Waals surface area contributed by atoms with Gasteiger partial charge in [-0.15, -0.1) is 0 Å². The number of rotatable bonds is 5. The topological polar surface area (TPSA) is 29.5 Å². The molecule has 0 radical (unpaired) electrons. The van der Waals surface area contributed by atoms with Crippen molar-refractivity contribution in [3.8, 4) is 10.0 Å². The van der Waals surface area contributed by atoms with E-state index in [9.17, 15) is 4.79 Å². The summed E-state index contributed by atoms with van der Waals surface area (Å²) in [5.74, 6) is -0.235. The summed E-state index contributed by atoms with van der Waals surface area (Å²) in [5, 5.41) is 0. The number of hydrogen-bond donors (Lipinski definition) is 0. The van der Waals surface area contributed by atoms with Gasteiger partial charge >= 0.3 is 119 Å². The molecule has 0 bridgehead atoms. The fourth-order valence-electron chi connectivity index (χ4n) is 1.71. The van der Waals surface area contributed by atoms with Crippen molar-refractivity contribution in [1.29, 1.82) is 0 Å². The normalized spacial score (nSPS) is 10.7.